The fourth-order valence-electron chi connectivity index (χ4n) is 0.832. The van der Waals surface area contributed by atoms with E-state index in [2.05, 4.69) is 39.9 Å². The maximum atomic E-state index is 11.7. The molecule has 15 heavy (non-hydrogen) atoms. The minimum atomic E-state index is -0.298. The van der Waals surface area contributed by atoms with Gasteiger partial charge in [-0.05, 0) is 10.8 Å². The molecule has 0 aromatic rings. The molecule has 0 unspecified atom stereocenters. The first-order chi connectivity index (χ1) is 6.38. The highest BCUT2D eigenvalue weighted by molar-refractivity contribution is 5.81. The summed E-state index contributed by atoms with van der Waals surface area (Å²) in [6.45, 7) is 17.5. The summed E-state index contributed by atoms with van der Waals surface area (Å²) in [4.78, 5) is 11.7. The van der Waals surface area contributed by atoms with Crippen LogP contribution >= 0.6 is 0 Å². The number of hydrogen-bond donors (Lipinski definition) is 1. The van der Waals surface area contributed by atoms with Gasteiger partial charge >= 0.3 is 0 Å². The van der Waals surface area contributed by atoms with Crippen LogP contribution < -0.4 is 5.32 Å². The molecule has 0 aromatic heterocycles. The summed E-state index contributed by atoms with van der Waals surface area (Å²) >= 11 is 0. The van der Waals surface area contributed by atoms with Gasteiger partial charge in [0.1, 0.15) is 0 Å². The molecule has 90 valence electrons. The van der Waals surface area contributed by atoms with E-state index in [4.69, 9.17) is 0 Å². The standard InChI is InChI=1S/C13H27NO/c1-11(2,3)10(15)14-9-13(7,8)12(4,5)6/h9H2,1-8H3,(H,14,15). The van der Waals surface area contributed by atoms with Gasteiger partial charge in [0.15, 0.2) is 0 Å². The van der Waals surface area contributed by atoms with Crippen LogP contribution in [0.4, 0.5) is 0 Å². The van der Waals surface area contributed by atoms with Gasteiger partial charge in [0.2, 0.25) is 5.91 Å². The predicted octanol–water partition coefficient (Wildman–Crippen LogP) is 3.22. The lowest BCUT2D eigenvalue weighted by atomic mass is 9.69. The Hall–Kier alpha value is -0.530. The summed E-state index contributed by atoms with van der Waals surface area (Å²) in [5.41, 5.74) is 0.0000383. The summed E-state index contributed by atoms with van der Waals surface area (Å²) in [5, 5.41) is 3.03. The van der Waals surface area contributed by atoms with Gasteiger partial charge in [-0.25, -0.2) is 0 Å². The van der Waals surface area contributed by atoms with Crippen molar-refractivity contribution in [2.45, 2.75) is 55.4 Å². The molecule has 0 heterocycles. The molecule has 1 N–H and O–H groups in total. The molecule has 0 spiro atoms. The quantitative estimate of drug-likeness (QED) is 0.749. The first-order valence-electron chi connectivity index (χ1n) is 5.66. The molecule has 0 rings (SSSR count). The van der Waals surface area contributed by atoms with Crippen LogP contribution in [0.3, 0.4) is 0 Å². The van der Waals surface area contributed by atoms with E-state index in [1.807, 2.05) is 20.8 Å². The number of nitrogens with one attached hydrogen (secondary N) is 1. The Kier molecular flexibility index (Phi) is 4.00. The van der Waals surface area contributed by atoms with Crippen LogP contribution in [0, 0.1) is 16.2 Å². The van der Waals surface area contributed by atoms with E-state index in [0.29, 0.717) is 0 Å². The molecule has 0 saturated carbocycles. The van der Waals surface area contributed by atoms with E-state index in [0.717, 1.165) is 6.54 Å². The highest BCUT2D eigenvalue weighted by Crippen LogP contribution is 2.37. The molecule has 0 radical (unpaired) electrons. The zero-order valence-electron chi connectivity index (χ0n) is 11.6. The lowest BCUT2D eigenvalue weighted by molar-refractivity contribution is -0.129. The van der Waals surface area contributed by atoms with E-state index in [1.165, 1.54) is 0 Å². The largest absolute Gasteiger partial charge is 0.355 e. The predicted molar refractivity (Wildman–Crippen MR) is 65.7 cm³/mol. The zero-order chi connectivity index (χ0) is 12.5. The molecule has 0 aromatic carbocycles. The van der Waals surface area contributed by atoms with Gasteiger partial charge in [-0.15, -0.1) is 0 Å². The van der Waals surface area contributed by atoms with Crippen molar-refractivity contribution in [1.29, 1.82) is 0 Å². The third-order valence-electron chi connectivity index (χ3n) is 3.40. The fourth-order valence-corrected chi connectivity index (χ4v) is 0.832. The third-order valence-corrected chi connectivity index (χ3v) is 3.40. The van der Waals surface area contributed by atoms with Gasteiger partial charge in [-0.2, -0.15) is 0 Å². The van der Waals surface area contributed by atoms with Crippen molar-refractivity contribution in [3.8, 4) is 0 Å². The fraction of sp³-hybridized carbons (Fsp3) is 0.923. The lowest BCUT2D eigenvalue weighted by Crippen LogP contribution is -2.45. The Labute approximate surface area is 94.8 Å². The van der Waals surface area contributed by atoms with Crippen LogP contribution in [0.15, 0.2) is 0 Å². The Morgan fingerprint density at radius 1 is 0.933 bits per heavy atom. The maximum absolute atomic E-state index is 11.7. The average Bonchev–Trinajstić information content (AvgIpc) is 1.96. The van der Waals surface area contributed by atoms with Crippen molar-refractivity contribution in [3.63, 3.8) is 0 Å². The molecule has 1 amide bonds. The van der Waals surface area contributed by atoms with Crippen LogP contribution in [-0.4, -0.2) is 12.5 Å². The normalized spacial score (nSPS) is 13.9. The second-order valence-electron chi connectivity index (χ2n) is 7.07. The van der Waals surface area contributed by atoms with E-state index in [9.17, 15) is 4.79 Å². The molecular weight excluding hydrogens is 186 g/mol. The van der Waals surface area contributed by atoms with Crippen LogP contribution in [0.1, 0.15) is 55.4 Å². The van der Waals surface area contributed by atoms with E-state index < -0.39 is 0 Å². The van der Waals surface area contributed by atoms with E-state index in [1.54, 1.807) is 0 Å². The summed E-state index contributed by atoms with van der Waals surface area (Å²) < 4.78 is 0. The van der Waals surface area contributed by atoms with Gasteiger partial charge in [-0.1, -0.05) is 55.4 Å². The summed E-state index contributed by atoms with van der Waals surface area (Å²) in [7, 11) is 0. The van der Waals surface area contributed by atoms with Crippen LogP contribution in [0.25, 0.3) is 0 Å². The second kappa shape index (κ2) is 4.15. The lowest BCUT2D eigenvalue weighted by Gasteiger charge is -2.39. The topological polar surface area (TPSA) is 29.1 Å². The van der Waals surface area contributed by atoms with Crippen molar-refractivity contribution in [2.24, 2.45) is 16.2 Å². The van der Waals surface area contributed by atoms with Crippen LogP contribution in [0.2, 0.25) is 0 Å². The van der Waals surface area contributed by atoms with Crippen molar-refractivity contribution in [2.75, 3.05) is 6.54 Å². The van der Waals surface area contributed by atoms with E-state index >= 15 is 0 Å². The Bertz CT molecular complexity index is 228. The highest BCUT2D eigenvalue weighted by Gasteiger charge is 2.33. The first kappa shape index (κ1) is 14.5. The van der Waals surface area contributed by atoms with Crippen molar-refractivity contribution < 1.29 is 4.79 Å². The van der Waals surface area contributed by atoms with Crippen molar-refractivity contribution >= 4 is 5.91 Å². The SMILES string of the molecule is CC(C)(C)C(=O)NCC(C)(C)C(C)(C)C. The minimum absolute atomic E-state index is 0.105. The zero-order valence-corrected chi connectivity index (χ0v) is 11.6. The van der Waals surface area contributed by atoms with Crippen LogP contribution in [0.5, 0.6) is 0 Å². The summed E-state index contributed by atoms with van der Waals surface area (Å²) in [5.74, 6) is 0.125. The maximum Gasteiger partial charge on any atom is 0.225 e. The summed E-state index contributed by atoms with van der Waals surface area (Å²) in [6, 6.07) is 0. The van der Waals surface area contributed by atoms with Gasteiger partial charge < -0.3 is 5.32 Å². The highest BCUT2D eigenvalue weighted by atomic mass is 16.2. The molecule has 0 aliphatic heterocycles. The second-order valence-corrected chi connectivity index (χ2v) is 7.07. The number of carbonyl (C=O) groups is 1. The molecule has 0 aliphatic carbocycles. The van der Waals surface area contributed by atoms with Gasteiger partial charge in [0, 0.05) is 12.0 Å². The first-order valence-corrected chi connectivity index (χ1v) is 5.66. The molecule has 0 saturated heterocycles. The molecular formula is C13H27NO. The Morgan fingerprint density at radius 2 is 1.33 bits per heavy atom. The number of rotatable bonds is 2. The van der Waals surface area contributed by atoms with Gasteiger partial charge in [-0.3, -0.25) is 4.79 Å². The number of carbonyl (C=O) groups excluding carboxylic acids is 1. The molecule has 0 aliphatic rings. The molecule has 0 fully saturated rings. The van der Waals surface area contributed by atoms with Crippen LogP contribution in [-0.2, 0) is 4.79 Å². The van der Waals surface area contributed by atoms with E-state index in [-0.39, 0.29) is 22.2 Å². The molecule has 0 atom stereocenters. The minimum Gasteiger partial charge on any atom is -0.355 e. The summed E-state index contributed by atoms with van der Waals surface area (Å²) in [6.07, 6.45) is 0. The monoisotopic (exact) mass is 213 g/mol. The molecule has 2 heteroatoms. The molecule has 0 bridgehead atoms. The van der Waals surface area contributed by atoms with Gasteiger partial charge in [0.25, 0.3) is 0 Å². The van der Waals surface area contributed by atoms with Gasteiger partial charge in [0.05, 0.1) is 0 Å². The van der Waals surface area contributed by atoms with Crippen molar-refractivity contribution in [1.82, 2.24) is 5.32 Å². The third kappa shape index (κ3) is 4.23. The number of amides is 1. The average molecular weight is 213 g/mol. The van der Waals surface area contributed by atoms with Crippen molar-refractivity contribution in [3.05, 3.63) is 0 Å². The molecule has 2 nitrogen and oxygen atoms in total. The Morgan fingerprint density at radius 3 is 1.60 bits per heavy atom. The number of hydrogen-bond acceptors (Lipinski definition) is 1. The Balaban J connectivity index is 4.36. The smallest absolute Gasteiger partial charge is 0.225 e.